The molecule has 0 radical (unpaired) electrons. The molecule has 2 unspecified atom stereocenters. The minimum Gasteiger partial charge on any atom is -0.462 e. The molecular formula is C22H42O6. The fourth-order valence-corrected chi connectivity index (χ4v) is 2.98. The minimum absolute atomic E-state index is 0.00712. The van der Waals surface area contributed by atoms with Crippen LogP contribution in [0.4, 0.5) is 0 Å². The number of aliphatic hydroxyl groups excluding tert-OH is 2. The zero-order chi connectivity index (χ0) is 21.0. The van der Waals surface area contributed by atoms with Crippen molar-refractivity contribution in [3.05, 3.63) is 0 Å². The van der Waals surface area contributed by atoms with E-state index in [1.165, 1.54) is 12.8 Å². The maximum absolute atomic E-state index is 11.6. The van der Waals surface area contributed by atoms with Gasteiger partial charge in [0.15, 0.2) is 0 Å². The van der Waals surface area contributed by atoms with Crippen LogP contribution < -0.4 is 0 Å². The summed E-state index contributed by atoms with van der Waals surface area (Å²) in [5, 5.41) is 19.6. The second-order valence-corrected chi connectivity index (χ2v) is 7.54. The summed E-state index contributed by atoms with van der Waals surface area (Å²) < 4.78 is 10.0. The van der Waals surface area contributed by atoms with Crippen LogP contribution in [0.2, 0.25) is 0 Å². The summed E-state index contributed by atoms with van der Waals surface area (Å²) in [6.07, 6.45) is 10.6. The zero-order valence-electron chi connectivity index (χ0n) is 18.0. The lowest BCUT2D eigenvalue weighted by molar-refractivity contribution is -0.153. The highest BCUT2D eigenvalue weighted by Gasteiger charge is 2.12. The Morgan fingerprint density at radius 2 is 1.18 bits per heavy atom. The lowest BCUT2D eigenvalue weighted by Crippen LogP contribution is -2.18. The van der Waals surface area contributed by atoms with Crippen LogP contribution in [0.5, 0.6) is 0 Å². The van der Waals surface area contributed by atoms with E-state index >= 15 is 0 Å². The first-order valence-electron chi connectivity index (χ1n) is 11.2. The normalized spacial score (nSPS) is 13.1. The molecule has 0 fully saturated rings. The van der Waals surface area contributed by atoms with E-state index in [2.05, 4.69) is 13.8 Å². The standard InChI is InChI=1S/C22H42O6/c1-3-5-7-9-12-19(23)14-11-15-21(25)27-16-17-28-22(26)18-20(24)13-10-8-6-4-2/h19-20,23-24H,3-18H2,1-2H3. The molecule has 0 rings (SSSR count). The van der Waals surface area contributed by atoms with Gasteiger partial charge in [-0.1, -0.05) is 65.2 Å². The molecule has 0 amide bonds. The van der Waals surface area contributed by atoms with Crippen molar-refractivity contribution in [2.24, 2.45) is 0 Å². The second kappa shape index (κ2) is 19.2. The molecule has 0 heterocycles. The average Bonchev–Trinajstić information content (AvgIpc) is 2.66. The third-order valence-corrected chi connectivity index (χ3v) is 4.71. The summed E-state index contributed by atoms with van der Waals surface area (Å²) >= 11 is 0. The van der Waals surface area contributed by atoms with Crippen molar-refractivity contribution >= 4 is 11.9 Å². The van der Waals surface area contributed by atoms with Gasteiger partial charge in [0, 0.05) is 6.42 Å². The van der Waals surface area contributed by atoms with Gasteiger partial charge < -0.3 is 19.7 Å². The number of esters is 2. The largest absolute Gasteiger partial charge is 0.462 e. The van der Waals surface area contributed by atoms with Crippen LogP contribution in [0.3, 0.4) is 0 Å². The van der Waals surface area contributed by atoms with E-state index in [4.69, 9.17) is 9.47 Å². The Labute approximate surface area is 171 Å². The number of hydrogen-bond acceptors (Lipinski definition) is 6. The number of carbonyl (C=O) groups excluding carboxylic acids is 2. The van der Waals surface area contributed by atoms with Gasteiger partial charge in [-0.3, -0.25) is 9.59 Å². The molecule has 0 aliphatic carbocycles. The van der Waals surface area contributed by atoms with Crippen molar-refractivity contribution in [2.45, 2.75) is 116 Å². The van der Waals surface area contributed by atoms with E-state index in [0.29, 0.717) is 19.3 Å². The number of rotatable bonds is 19. The zero-order valence-corrected chi connectivity index (χ0v) is 18.0. The van der Waals surface area contributed by atoms with Crippen LogP contribution >= 0.6 is 0 Å². The molecule has 2 atom stereocenters. The summed E-state index contributed by atoms with van der Waals surface area (Å²) in [4.78, 5) is 23.2. The lowest BCUT2D eigenvalue weighted by atomic mass is 10.0. The number of unbranched alkanes of at least 4 members (excludes halogenated alkanes) is 6. The number of hydrogen-bond donors (Lipinski definition) is 2. The van der Waals surface area contributed by atoms with Crippen molar-refractivity contribution in [1.29, 1.82) is 0 Å². The van der Waals surface area contributed by atoms with Crippen LogP contribution in [0.1, 0.15) is 104 Å². The molecule has 0 saturated heterocycles. The quantitative estimate of drug-likeness (QED) is 0.247. The topological polar surface area (TPSA) is 93.1 Å². The van der Waals surface area contributed by atoms with E-state index in [9.17, 15) is 19.8 Å². The van der Waals surface area contributed by atoms with Gasteiger partial charge >= 0.3 is 11.9 Å². The van der Waals surface area contributed by atoms with Gasteiger partial charge in [0.25, 0.3) is 0 Å². The van der Waals surface area contributed by atoms with Crippen LogP contribution in [0.15, 0.2) is 0 Å². The molecule has 0 aromatic carbocycles. The second-order valence-electron chi connectivity index (χ2n) is 7.54. The summed E-state index contributed by atoms with van der Waals surface area (Å²) in [5.41, 5.74) is 0. The van der Waals surface area contributed by atoms with E-state index < -0.39 is 12.1 Å². The van der Waals surface area contributed by atoms with Crippen LogP contribution in [0, 0.1) is 0 Å². The Hall–Kier alpha value is -1.14. The van der Waals surface area contributed by atoms with Gasteiger partial charge in [0.05, 0.1) is 18.6 Å². The molecule has 0 bridgehead atoms. The highest BCUT2D eigenvalue weighted by Crippen LogP contribution is 2.11. The molecule has 0 aliphatic rings. The Kier molecular flexibility index (Phi) is 18.4. The molecule has 0 aliphatic heterocycles. The van der Waals surface area contributed by atoms with E-state index in [1.807, 2.05) is 0 Å². The molecule has 0 aromatic rings. The van der Waals surface area contributed by atoms with Crippen LogP contribution in [-0.2, 0) is 19.1 Å². The molecule has 6 nitrogen and oxygen atoms in total. The van der Waals surface area contributed by atoms with E-state index in [-0.39, 0.29) is 38.1 Å². The lowest BCUT2D eigenvalue weighted by Gasteiger charge is -2.11. The first-order chi connectivity index (χ1) is 13.5. The highest BCUT2D eigenvalue weighted by atomic mass is 16.6. The molecule has 28 heavy (non-hydrogen) atoms. The van der Waals surface area contributed by atoms with Crippen molar-refractivity contribution in [3.63, 3.8) is 0 Å². The van der Waals surface area contributed by atoms with Crippen molar-refractivity contribution < 1.29 is 29.3 Å². The predicted octanol–water partition coefficient (Wildman–Crippen LogP) is 4.30. The van der Waals surface area contributed by atoms with Gasteiger partial charge in [-0.05, 0) is 25.7 Å². The predicted molar refractivity (Wildman–Crippen MR) is 110 cm³/mol. The maximum Gasteiger partial charge on any atom is 0.308 e. The monoisotopic (exact) mass is 402 g/mol. The fourth-order valence-electron chi connectivity index (χ4n) is 2.98. The third-order valence-electron chi connectivity index (χ3n) is 4.71. The first kappa shape index (κ1) is 26.9. The number of aliphatic hydroxyl groups is 2. The van der Waals surface area contributed by atoms with Gasteiger partial charge in [0.2, 0.25) is 0 Å². The molecule has 2 N–H and O–H groups in total. The SMILES string of the molecule is CCCCCCC(O)CCCC(=O)OCCOC(=O)CC(O)CCCCCC. The van der Waals surface area contributed by atoms with Gasteiger partial charge in [-0.25, -0.2) is 0 Å². The molecular weight excluding hydrogens is 360 g/mol. The van der Waals surface area contributed by atoms with Crippen molar-refractivity contribution in [3.8, 4) is 0 Å². The summed E-state index contributed by atoms with van der Waals surface area (Å²) in [6.45, 7) is 4.31. The molecule has 0 aromatic heterocycles. The Bertz CT molecular complexity index is 385. The van der Waals surface area contributed by atoms with Crippen molar-refractivity contribution in [2.75, 3.05) is 13.2 Å². The van der Waals surface area contributed by atoms with Gasteiger partial charge in [-0.15, -0.1) is 0 Å². The molecule has 6 heteroatoms. The van der Waals surface area contributed by atoms with E-state index in [0.717, 1.165) is 44.9 Å². The first-order valence-corrected chi connectivity index (χ1v) is 11.2. The van der Waals surface area contributed by atoms with Gasteiger partial charge in [-0.2, -0.15) is 0 Å². The summed E-state index contributed by atoms with van der Waals surface area (Å²) in [5.74, 6) is -0.810. The minimum atomic E-state index is -0.666. The van der Waals surface area contributed by atoms with Gasteiger partial charge in [0.1, 0.15) is 13.2 Å². The number of carbonyl (C=O) groups is 2. The van der Waals surface area contributed by atoms with Crippen LogP contribution in [0.25, 0.3) is 0 Å². The highest BCUT2D eigenvalue weighted by molar-refractivity contribution is 5.70. The molecule has 0 spiro atoms. The van der Waals surface area contributed by atoms with Crippen LogP contribution in [-0.4, -0.2) is 47.6 Å². The smallest absolute Gasteiger partial charge is 0.308 e. The van der Waals surface area contributed by atoms with E-state index in [1.54, 1.807) is 0 Å². The summed E-state index contributed by atoms with van der Waals surface area (Å²) in [7, 11) is 0. The summed E-state index contributed by atoms with van der Waals surface area (Å²) in [6, 6.07) is 0. The Balaban J connectivity index is 3.56. The number of ether oxygens (including phenoxy) is 2. The maximum atomic E-state index is 11.6. The fraction of sp³-hybridized carbons (Fsp3) is 0.909. The average molecular weight is 403 g/mol. The Morgan fingerprint density at radius 1 is 0.679 bits per heavy atom. The molecule has 166 valence electrons. The third kappa shape index (κ3) is 18.2. The molecule has 0 saturated carbocycles. The Morgan fingerprint density at radius 3 is 1.75 bits per heavy atom. The van der Waals surface area contributed by atoms with Crippen molar-refractivity contribution in [1.82, 2.24) is 0 Å².